The number of hydrogen-bond acceptors (Lipinski definition) is 3. The minimum absolute atomic E-state index is 0.115. The summed E-state index contributed by atoms with van der Waals surface area (Å²) in [5.41, 5.74) is 3.22. The summed E-state index contributed by atoms with van der Waals surface area (Å²) in [4.78, 5) is 24.0. The van der Waals surface area contributed by atoms with Crippen molar-refractivity contribution in [3.63, 3.8) is 0 Å². The molecule has 1 aromatic heterocycles. The summed E-state index contributed by atoms with van der Waals surface area (Å²) < 4.78 is 7.28. The highest BCUT2D eigenvalue weighted by molar-refractivity contribution is 9.10. The molecule has 0 bridgehead atoms. The number of halogens is 1. The van der Waals surface area contributed by atoms with Crippen molar-refractivity contribution in [1.29, 1.82) is 0 Å². The first-order valence-electron chi connectivity index (χ1n) is 6.38. The van der Waals surface area contributed by atoms with Crippen molar-refractivity contribution in [3.8, 4) is 0 Å². The number of benzene rings is 2. The number of oxazole rings is 1. The van der Waals surface area contributed by atoms with E-state index in [9.17, 15) is 9.59 Å². The van der Waals surface area contributed by atoms with Gasteiger partial charge in [-0.25, -0.2) is 4.79 Å². The maximum Gasteiger partial charge on any atom is 0.419 e. The number of rotatable bonds is 2. The number of hydrogen-bond donors (Lipinski definition) is 0. The van der Waals surface area contributed by atoms with Crippen LogP contribution in [-0.2, 0) is 7.05 Å². The molecule has 0 N–H and O–H groups in total. The Hall–Kier alpha value is -2.14. The third-order valence-corrected chi connectivity index (χ3v) is 4.08. The van der Waals surface area contributed by atoms with Crippen LogP contribution in [0.5, 0.6) is 0 Å². The first kappa shape index (κ1) is 13.8. The van der Waals surface area contributed by atoms with Gasteiger partial charge in [-0.05, 0) is 42.8 Å². The van der Waals surface area contributed by atoms with Gasteiger partial charge in [-0.15, -0.1) is 0 Å². The van der Waals surface area contributed by atoms with Crippen LogP contribution in [0.1, 0.15) is 21.5 Å². The second-order valence-corrected chi connectivity index (χ2v) is 5.78. The van der Waals surface area contributed by atoms with Crippen molar-refractivity contribution in [2.75, 3.05) is 0 Å². The van der Waals surface area contributed by atoms with Gasteiger partial charge in [0.15, 0.2) is 11.4 Å². The van der Waals surface area contributed by atoms with E-state index in [0.717, 1.165) is 10.0 Å². The number of carbonyl (C=O) groups excluding carboxylic acids is 1. The van der Waals surface area contributed by atoms with Gasteiger partial charge >= 0.3 is 5.76 Å². The molecule has 0 aliphatic rings. The third kappa shape index (κ3) is 2.34. The molecule has 0 saturated carbocycles. The summed E-state index contributed by atoms with van der Waals surface area (Å²) in [6.07, 6.45) is 0. The first-order valence-corrected chi connectivity index (χ1v) is 7.17. The lowest BCUT2D eigenvalue weighted by Crippen LogP contribution is -2.08. The van der Waals surface area contributed by atoms with Crippen molar-refractivity contribution in [2.24, 2.45) is 7.05 Å². The molecule has 0 saturated heterocycles. The molecule has 0 atom stereocenters. The fourth-order valence-electron chi connectivity index (χ4n) is 2.23. The van der Waals surface area contributed by atoms with Crippen molar-refractivity contribution in [1.82, 2.24) is 4.57 Å². The van der Waals surface area contributed by atoms with Gasteiger partial charge in [0, 0.05) is 22.6 Å². The second kappa shape index (κ2) is 5.00. The Balaban J connectivity index is 2.11. The van der Waals surface area contributed by atoms with E-state index in [1.54, 1.807) is 31.3 Å². The van der Waals surface area contributed by atoms with Crippen LogP contribution in [0.2, 0.25) is 0 Å². The monoisotopic (exact) mass is 345 g/mol. The average Bonchev–Trinajstić information content (AvgIpc) is 2.73. The molecule has 3 aromatic rings. The van der Waals surface area contributed by atoms with Crippen molar-refractivity contribution in [2.45, 2.75) is 6.92 Å². The fraction of sp³-hybridized carbons (Fsp3) is 0.125. The van der Waals surface area contributed by atoms with Crippen LogP contribution in [-0.4, -0.2) is 10.4 Å². The first-order chi connectivity index (χ1) is 9.97. The van der Waals surface area contributed by atoms with Crippen LogP contribution in [0.25, 0.3) is 11.1 Å². The van der Waals surface area contributed by atoms with Crippen molar-refractivity contribution >= 4 is 32.8 Å². The molecule has 3 rings (SSSR count). The lowest BCUT2D eigenvalue weighted by Gasteiger charge is -2.05. The van der Waals surface area contributed by atoms with Gasteiger partial charge in [0.25, 0.3) is 0 Å². The predicted octanol–water partition coefficient (Wildman–Crippen LogP) is 3.43. The van der Waals surface area contributed by atoms with Gasteiger partial charge < -0.3 is 4.42 Å². The standard InChI is InChI=1S/C16H12BrNO3/c1-9-3-5-11(12(17)7-9)15(19)10-4-6-13-14(8-10)21-16(20)18(13)2/h3-8H,1-2H3. The highest BCUT2D eigenvalue weighted by Gasteiger charge is 2.15. The topological polar surface area (TPSA) is 52.2 Å². The lowest BCUT2D eigenvalue weighted by molar-refractivity contribution is 0.103. The van der Waals surface area contributed by atoms with E-state index in [2.05, 4.69) is 15.9 Å². The molecule has 0 fully saturated rings. The van der Waals surface area contributed by atoms with Gasteiger partial charge in [0.2, 0.25) is 0 Å². The van der Waals surface area contributed by atoms with Crippen LogP contribution in [0.15, 0.2) is 50.1 Å². The Bertz CT molecular complexity index is 921. The summed E-state index contributed by atoms with van der Waals surface area (Å²) in [6, 6.07) is 10.6. The third-order valence-electron chi connectivity index (χ3n) is 3.42. The van der Waals surface area contributed by atoms with Gasteiger partial charge in [0.1, 0.15) is 0 Å². The molecule has 0 spiro atoms. The largest absolute Gasteiger partial charge is 0.419 e. The molecule has 4 nitrogen and oxygen atoms in total. The Morgan fingerprint density at radius 3 is 2.67 bits per heavy atom. The van der Waals surface area contributed by atoms with Crippen LogP contribution < -0.4 is 5.76 Å². The zero-order valence-electron chi connectivity index (χ0n) is 11.5. The fourth-order valence-corrected chi connectivity index (χ4v) is 2.91. The maximum absolute atomic E-state index is 12.6. The number of fused-ring (bicyclic) bond motifs is 1. The molecule has 0 aliphatic heterocycles. The molecule has 0 amide bonds. The van der Waals surface area contributed by atoms with Crippen molar-refractivity contribution < 1.29 is 9.21 Å². The van der Waals surface area contributed by atoms with E-state index in [4.69, 9.17) is 4.42 Å². The molecule has 0 unspecified atom stereocenters. The number of carbonyl (C=O) groups is 1. The summed E-state index contributed by atoms with van der Waals surface area (Å²) in [5.74, 6) is -0.554. The predicted molar refractivity (Wildman–Crippen MR) is 83.8 cm³/mol. The Morgan fingerprint density at radius 1 is 1.19 bits per heavy atom. The van der Waals surface area contributed by atoms with Crippen LogP contribution in [0.3, 0.4) is 0 Å². The molecular weight excluding hydrogens is 334 g/mol. The molecule has 21 heavy (non-hydrogen) atoms. The van der Waals surface area contributed by atoms with Gasteiger partial charge in [-0.3, -0.25) is 9.36 Å². The Morgan fingerprint density at radius 2 is 1.95 bits per heavy atom. The van der Waals surface area contributed by atoms with Crippen LogP contribution in [0, 0.1) is 6.92 Å². The molecule has 0 aliphatic carbocycles. The van der Waals surface area contributed by atoms with E-state index < -0.39 is 5.76 Å². The SMILES string of the molecule is Cc1ccc(C(=O)c2ccc3c(c2)oc(=O)n3C)c(Br)c1. The number of aryl methyl sites for hydroxylation is 2. The Kier molecular flexibility index (Phi) is 3.29. The number of ketones is 1. The summed E-state index contributed by atoms with van der Waals surface area (Å²) >= 11 is 3.41. The molecule has 2 aromatic carbocycles. The maximum atomic E-state index is 12.6. The highest BCUT2D eigenvalue weighted by atomic mass is 79.9. The molecular formula is C16H12BrNO3. The second-order valence-electron chi connectivity index (χ2n) is 4.92. The van der Waals surface area contributed by atoms with Crippen LogP contribution in [0.4, 0.5) is 0 Å². The minimum atomic E-state index is -0.439. The Labute approximate surface area is 129 Å². The molecule has 1 heterocycles. The summed E-state index contributed by atoms with van der Waals surface area (Å²) in [7, 11) is 1.63. The van der Waals surface area contributed by atoms with E-state index in [-0.39, 0.29) is 5.78 Å². The van der Waals surface area contributed by atoms with Gasteiger partial charge in [-0.1, -0.05) is 22.0 Å². The van der Waals surface area contributed by atoms with E-state index in [1.165, 1.54) is 4.57 Å². The van der Waals surface area contributed by atoms with Gasteiger partial charge in [-0.2, -0.15) is 0 Å². The lowest BCUT2D eigenvalue weighted by atomic mass is 10.0. The zero-order valence-corrected chi connectivity index (χ0v) is 13.1. The average molecular weight is 346 g/mol. The molecule has 5 heteroatoms. The number of nitrogens with zero attached hydrogens (tertiary/aromatic N) is 1. The highest BCUT2D eigenvalue weighted by Crippen LogP contribution is 2.23. The molecule has 0 radical (unpaired) electrons. The zero-order chi connectivity index (χ0) is 15.1. The van der Waals surface area contributed by atoms with E-state index in [0.29, 0.717) is 22.2 Å². The van der Waals surface area contributed by atoms with Crippen LogP contribution >= 0.6 is 15.9 Å². The normalized spacial score (nSPS) is 11.0. The summed E-state index contributed by atoms with van der Waals surface area (Å²) in [5, 5.41) is 0. The van der Waals surface area contributed by atoms with E-state index >= 15 is 0 Å². The van der Waals surface area contributed by atoms with Gasteiger partial charge in [0.05, 0.1) is 5.52 Å². The smallest absolute Gasteiger partial charge is 0.408 e. The number of aromatic nitrogens is 1. The summed E-state index contributed by atoms with van der Waals surface area (Å²) in [6.45, 7) is 1.96. The quantitative estimate of drug-likeness (QED) is 0.668. The minimum Gasteiger partial charge on any atom is -0.408 e. The van der Waals surface area contributed by atoms with E-state index in [1.807, 2.05) is 19.1 Å². The molecule has 106 valence electrons. The van der Waals surface area contributed by atoms with Crippen molar-refractivity contribution in [3.05, 3.63) is 68.1 Å².